The number of carbonyl (C=O) groups is 2. The van der Waals surface area contributed by atoms with Crippen molar-refractivity contribution in [2.45, 2.75) is 12.5 Å². The Morgan fingerprint density at radius 3 is 2.71 bits per heavy atom. The van der Waals surface area contributed by atoms with Gasteiger partial charge in [-0.1, -0.05) is 17.7 Å². The maximum atomic E-state index is 11.9. The molecule has 8 nitrogen and oxygen atoms in total. The molecule has 0 aliphatic heterocycles. The molecule has 0 aliphatic carbocycles. The van der Waals surface area contributed by atoms with Gasteiger partial charge in [0.15, 0.2) is 0 Å². The zero-order valence-corrected chi connectivity index (χ0v) is 11.8. The van der Waals surface area contributed by atoms with E-state index < -0.39 is 22.9 Å². The second-order valence-electron chi connectivity index (χ2n) is 4.06. The lowest BCUT2D eigenvalue weighted by Crippen LogP contribution is -2.34. The largest absolute Gasteiger partial charge is 0.481 e. The Labute approximate surface area is 124 Å². The van der Waals surface area contributed by atoms with E-state index in [4.69, 9.17) is 21.4 Å². The van der Waals surface area contributed by atoms with Gasteiger partial charge in [-0.3, -0.25) is 19.7 Å². The molecule has 0 aliphatic rings. The highest BCUT2D eigenvalue weighted by Crippen LogP contribution is 2.27. The van der Waals surface area contributed by atoms with E-state index in [1.807, 2.05) is 0 Å². The highest BCUT2D eigenvalue weighted by Gasteiger charge is 2.21. The van der Waals surface area contributed by atoms with Crippen molar-refractivity contribution in [1.29, 1.82) is 0 Å². The van der Waals surface area contributed by atoms with Crippen LogP contribution in [0.4, 0.5) is 5.69 Å². The van der Waals surface area contributed by atoms with Crippen LogP contribution in [0.5, 0.6) is 0 Å². The number of hydrogen-bond acceptors (Lipinski definition) is 5. The maximum absolute atomic E-state index is 11.9. The fraction of sp³-hybridized carbons (Fsp3) is 0.333. The van der Waals surface area contributed by atoms with E-state index >= 15 is 0 Å². The fourth-order valence-corrected chi connectivity index (χ4v) is 1.85. The maximum Gasteiger partial charge on any atom is 0.306 e. The molecule has 114 valence electrons. The molecular formula is C12H13ClN2O6. The Hall–Kier alpha value is -2.19. The quantitative estimate of drug-likeness (QED) is 0.580. The number of methoxy groups -OCH3 is 1. The highest BCUT2D eigenvalue weighted by atomic mass is 35.5. The number of carbonyl (C=O) groups excluding carboxylic acids is 1. The Morgan fingerprint density at radius 1 is 1.52 bits per heavy atom. The van der Waals surface area contributed by atoms with Gasteiger partial charge in [-0.05, 0) is 6.07 Å². The van der Waals surface area contributed by atoms with Crippen molar-refractivity contribution in [2.24, 2.45) is 0 Å². The van der Waals surface area contributed by atoms with Gasteiger partial charge in [0.25, 0.3) is 11.6 Å². The highest BCUT2D eigenvalue weighted by molar-refractivity contribution is 6.35. The second-order valence-corrected chi connectivity index (χ2v) is 4.44. The van der Waals surface area contributed by atoms with Crippen molar-refractivity contribution in [3.8, 4) is 0 Å². The Kier molecular flexibility index (Phi) is 6.07. The Balaban J connectivity index is 2.78. The lowest BCUT2D eigenvalue weighted by atomic mass is 10.1. The number of aliphatic carboxylic acids is 1. The number of halogens is 1. The summed E-state index contributed by atoms with van der Waals surface area (Å²) in [5.74, 6) is -1.71. The molecule has 1 aromatic carbocycles. The minimum atomic E-state index is -1.07. The van der Waals surface area contributed by atoms with E-state index in [0.717, 1.165) is 0 Å². The summed E-state index contributed by atoms with van der Waals surface area (Å²) in [6.45, 7) is -0.0549. The minimum absolute atomic E-state index is 0.0549. The number of nitrogens with zero attached hydrogens (tertiary/aromatic N) is 1. The molecule has 0 radical (unpaired) electrons. The normalized spacial score (nSPS) is 11.7. The summed E-state index contributed by atoms with van der Waals surface area (Å²) in [7, 11) is 1.32. The van der Waals surface area contributed by atoms with E-state index in [9.17, 15) is 19.7 Å². The molecule has 1 unspecified atom stereocenters. The summed E-state index contributed by atoms with van der Waals surface area (Å²) < 4.78 is 4.90. The predicted octanol–water partition coefficient (Wildman–Crippen LogP) is 1.47. The molecule has 1 atom stereocenters. The number of hydrogen-bond donors (Lipinski definition) is 2. The van der Waals surface area contributed by atoms with Crippen molar-refractivity contribution >= 4 is 29.2 Å². The number of amides is 1. The SMILES string of the molecule is COC(CNC(=O)c1cccc([N+](=O)[O-])c1Cl)CC(=O)O. The zero-order valence-electron chi connectivity index (χ0n) is 11.0. The van der Waals surface area contributed by atoms with Gasteiger partial charge in [0.05, 0.1) is 23.0 Å². The molecule has 0 bridgehead atoms. The molecule has 0 saturated heterocycles. The summed E-state index contributed by atoms with van der Waals surface area (Å²) in [4.78, 5) is 32.5. The molecule has 1 amide bonds. The number of rotatable bonds is 7. The number of benzene rings is 1. The molecule has 0 spiro atoms. The minimum Gasteiger partial charge on any atom is -0.481 e. The number of carboxylic acids is 1. The van der Waals surface area contributed by atoms with Crippen LogP contribution < -0.4 is 5.32 Å². The number of ether oxygens (including phenoxy) is 1. The third-order valence-electron chi connectivity index (χ3n) is 2.65. The average molecular weight is 317 g/mol. The standard InChI is InChI=1S/C12H13ClN2O6/c1-21-7(5-10(16)17)6-14-12(18)8-3-2-4-9(11(8)13)15(19)20/h2-4,7H,5-6H2,1H3,(H,14,18)(H,16,17). The van der Waals surface area contributed by atoms with Crippen LogP contribution in [0.25, 0.3) is 0 Å². The second kappa shape index (κ2) is 7.55. The van der Waals surface area contributed by atoms with Gasteiger partial charge < -0.3 is 15.2 Å². The van der Waals surface area contributed by atoms with Crippen LogP contribution >= 0.6 is 11.6 Å². The van der Waals surface area contributed by atoms with Gasteiger partial charge in [-0.2, -0.15) is 0 Å². The van der Waals surface area contributed by atoms with Gasteiger partial charge in [-0.15, -0.1) is 0 Å². The van der Waals surface area contributed by atoms with Crippen molar-refractivity contribution in [3.05, 3.63) is 38.9 Å². The molecule has 0 heterocycles. The third-order valence-corrected chi connectivity index (χ3v) is 3.04. The van der Waals surface area contributed by atoms with Gasteiger partial charge in [0.2, 0.25) is 0 Å². The average Bonchev–Trinajstić information content (AvgIpc) is 2.42. The first-order valence-corrected chi connectivity index (χ1v) is 6.20. The van der Waals surface area contributed by atoms with Crippen molar-refractivity contribution in [2.75, 3.05) is 13.7 Å². The molecule has 9 heteroatoms. The number of carboxylic acid groups (broad SMARTS) is 1. The first-order valence-electron chi connectivity index (χ1n) is 5.82. The number of nitrogens with one attached hydrogen (secondary N) is 1. The lowest BCUT2D eigenvalue weighted by molar-refractivity contribution is -0.384. The molecule has 0 aromatic heterocycles. The summed E-state index contributed by atoms with van der Waals surface area (Å²) in [6, 6.07) is 3.86. The first-order chi connectivity index (χ1) is 9.86. The predicted molar refractivity (Wildman–Crippen MR) is 73.5 cm³/mol. The summed E-state index contributed by atoms with van der Waals surface area (Å²) in [6.07, 6.45) is -0.983. The lowest BCUT2D eigenvalue weighted by Gasteiger charge is -2.14. The third kappa shape index (κ3) is 4.69. The van der Waals surface area contributed by atoms with Crippen LogP contribution in [0.3, 0.4) is 0 Å². The van der Waals surface area contributed by atoms with E-state index in [2.05, 4.69) is 5.32 Å². The van der Waals surface area contributed by atoms with Gasteiger partial charge >= 0.3 is 5.97 Å². The molecular weight excluding hydrogens is 304 g/mol. The smallest absolute Gasteiger partial charge is 0.306 e. The summed E-state index contributed by atoms with van der Waals surface area (Å²) >= 11 is 5.80. The first kappa shape index (κ1) is 16.9. The van der Waals surface area contributed by atoms with Crippen LogP contribution in [0.2, 0.25) is 5.02 Å². The topological polar surface area (TPSA) is 119 Å². The van der Waals surface area contributed by atoms with Crippen LogP contribution in [-0.2, 0) is 9.53 Å². The fourth-order valence-electron chi connectivity index (χ4n) is 1.57. The van der Waals surface area contributed by atoms with Crippen molar-refractivity contribution in [3.63, 3.8) is 0 Å². The van der Waals surface area contributed by atoms with Crippen molar-refractivity contribution in [1.82, 2.24) is 5.32 Å². The van der Waals surface area contributed by atoms with E-state index in [-0.39, 0.29) is 29.2 Å². The van der Waals surface area contributed by atoms with E-state index in [0.29, 0.717) is 0 Å². The monoisotopic (exact) mass is 316 g/mol. The summed E-state index contributed by atoms with van der Waals surface area (Å²) in [5, 5.41) is 21.5. The van der Waals surface area contributed by atoms with Gasteiger partial charge in [0.1, 0.15) is 5.02 Å². The zero-order chi connectivity index (χ0) is 16.0. The molecule has 1 aromatic rings. The van der Waals surface area contributed by atoms with E-state index in [1.54, 1.807) is 0 Å². The Bertz CT molecular complexity index is 563. The van der Waals surface area contributed by atoms with Crippen LogP contribution in [0.15, 0.2) is 18.2 Å². The summed E-state index contributed by atoms with van der Waals surface area (Å²) in [5.41, 5.74) is -0.436. The van der Waals surface area contributed by atoms with Crippen molar-refractivity contribution < 1.29 is 24.4 Å². The van der Waals surface area contributed by atoms with Gasteiger partial charge in [0, 0.05) is 19.7 Å². The molecule has 1 rings (SSSR count). The Morgan fingerprint density at radius 2 is 2.19 bits per heavy atom. The van der Waals surface area contributed by atoms with Crippen LogP contribution in [-0.4, -0.2) is 41.7 Å². The van der Waals surface area contributed by atoms with Crippen LogP contribution in [0.1, 0.15) is 16.8 Å². The molecule has 2 N–H and O–H groups in total. The molecule has 21 heavy (non-hydrogen) atoms. The van der Waals surface area contributed by atoms with Crippen LogP contribution in [0, 0.1) is 10.1 Å². The van der Waals surface area contributed by atoms with E-state index in [1.165, 1.54) is 25.3 Å². The number of nitro groups is 1. The molecule has 0 fully saturated rings. The van der Waals surface area contributed by atoms with Gasteiger partial charge in [-0.25, -0.2) is 0 Å². The molecule has 0 saturated carbocycles. The number of nitro benzene ring substituents is 1.